The highest BCUT2D eigenvalue weighted by Gasteiger charge is 2.24. The minimum Gasteiger partial charge on any atom is -0.497 e. The Morgan fingerprint density at radius 1 is 1.08 bits per heavy atom. The number of carboxylic acids is 1. The zero-order valence-corrected chi connectivity index (χ0v) is 22.4. The predicted molar refractivity (Wildman–Crippen MR) is 147 cm³/mol. The van der Waals surface area contributed by atoms with E-state index in [0.717, 1.165) is 10.1 Å². The lowest BCUT2D eigenvalue weighted by atomic mass is 9.82. The van der Waals surface area contributed by atoms with Crippen molar-refractivity contribution in [1.29, 1.82) is 0 Å². The minimum absolute atomic E-state index is 0.0135. The number of carbonyl (C=O) groups is 2. The van der Waals surface area contributed by atoms with E-state index in [-0.39, 0.29) is 35.2 Å². The molecule has 0 saturated carbocycles. The Labute approximate surface area is 224 Å². The van der Waals surface area contributed by atoms with Gasteiger partial charge >= 0.3 is 11.7 Å². The molecule has 10 heteroatoms. The van der Waals surface area contributed by atoms with Gasteiger partial charge in [0.2, 0.25) is 0 Å². The Morgan fingerprint density at radius 2 is 1.77 bits per heavy atom. The molecule has 0 aliphatic carbocycles. The summed E-state index contributed by atoms with van der Waals surface area (Å²) in [7, 11) is 3.07. The summed E-state index contributed by atoms with van der Waals surface area (Å²) >= 11 is 0. The third kappa shape index (κ3) is 5.45. The molecule has 0 aliphatic heterocycles. The lowest BCUT2D eigenvalue weighted by molar-refractivity contribution is 0.0695. The molecule has 2 N–H and O–H groups in total. The second kappa shape index (κ2) is 10.6. The first kappa shape index (κ1) is 27.3. The van der Waals surface area contributed by atoms with Gasteiger partial charge in [-0.3, -0.25) is 18.7 Å². The van der Waals surface area contributed by atoms with E-state index in [1.54, 1.807) is 31.4 Å². The Morgan fingerprint density at radius 3 is 2.38 bits per heavy atom. The van der Waals surface area contributed by atoms with Crippen LogP contribution in [0.1, 0.15) is 58.3 Å². The van der Waals surface area contributed by atoms with Crippen LogP contribution in [0.15, 0.2) is 64.3 Å². The molecule has 4 aromatic rings. The third-order valence-corrected chi connectivity index (χ3v) is 6.61. The van der Waals surface area contributed by atoms with Crippen molar-refractivity contribution >= 4 is 22.8 Å². The van der Waals surface area contributed by atoms with E-state index in [2.05, 4.69) is 10.3 Å². The van der Waals surface area contributed by atoms with Gasteiger partial charge in [-0.2, -0.15) is 0 Å². The van der Waals surface area contributed by atoms with Gasteiger partial charge in [-0.25, -0.2) is 14.6 Å². The minimum atomic E-state index is -1.15. The zero-order chi connectivity index (χ0) is 28.5. The second-order valence-electron chi connectivity index (χ2n) is 10.2. The van der Waals surface area contributed by atoms with Crippen molar-refractivity contribution in [2.75, 3.05) is 7.11 Å². The maximum absolute atomic E-state index is 13.6. The van der Waals surface area contributed by atoms with E-state index in [0.29, 0.717) is 16.9 Å². The van der Waals surface area contributed by atoms with Gasteiger partial charge in [0, 0.05) is 13.6 Å². The highest BCUT2D eigenvalue weighted by molar-refractivity contribution is 5.95. The Bertz CT molecular complexity index is 1690. The van der Waals surface area contributed by atoms with Crippen molar-refractivity contribution in [2.24, 2.45) is 7.05 Å². The van der Waals surface area contributed by atoms with Gasteiger partial charge in [-0.15, -0.1) is 0 Å². The fraction of sp³-hybridized carbons (Fsp3) is 0.276. The maximum Gasteiger partial charge on any atom is 0.336 e. The Hall–Kier alpha value is -4.73. The standard InChI is InChI=1S/C29H30N4O6/c1-29(2,3)22-8-6-7-19(27(36)37)21(22)16-33-26(35)20-13-23(30-15-24(20)32(4)28(33)38)25(34)31-14-17-9-11-18(39-5)12-10-17/h6-13,15H,14,16H2,1-5H3,(H,31,34)(H,36,37). The number of methoxy groups -OCH3 is 1. The Kier molecular flexibility index (Phi) is 7.40. The average Bonchev–Trinajstić information content (AvgIpc) is 2.92. The third-order valence-electron chi connectivity index (χ3n) is 6.61. The first-order valence-corrected chi connectivity index (χ1v) is 12.3. The number of pyridine rings is 1. The SMILES string of the molecule is COc1ccc(CNC(=O)c2cc3c(=O)n(Cc4c(C(=O)O)cccc4C(C)(C)C)c(=O)n(C)c3cn2)cc1. The first-order valence-electron chi connectivity index (χ1n) is 12.3. The lowest BCUT2D eigenvalue weighted by Crippen LogP contribution is -2.40. The smallest absolute Gasteiger partial charge is 0.336 e. The molecule has 202 valence electrons. The normalized spacial score (nSPS) is 11.4. The van der Waals surface area contributed by atoms with Crippen LogP contribution in [0.2, 0.25) is 0 Å². The molecule has 0 aliphatic rings. The number of hydrogen-bond donors (Lipinski definition) is 2. The van der Waals surface area contributed by atoms with E-state index >= 15 is 0 Å². The van der Waals surface area contributed by atoms with Gasteiger partial charge < -0.3 is 15.2 Å². The molecular weight excluding hydrogens is 500 g/mol. The predicted octanol–water partition coefficient (Wildman–Crippen LogP) is 3.08. The van der Waals surface area contributed by atoms with Crippen molar-refractivity contribution < 1.29 is 19.4 Å². The summed E-state index contributed by atoms with van der Waals surface area (Å²) in [6, 6.07) is 13.5. The maximum atomic E-state index is 13.6. The van der Waals surface area contributed by atoms with Gasteiger partial charge in [0.15, 0.2) is 0 Å². The van der Waals surface area contributed by atoms with Crippen molar-refractivity contribution in [3.05, 3.63) is 104 Å². The molecule has 2 heterocycles. The zero-order valence-electron chi connectivity index (χ0n) is 22.4. The number of aromatic nitrogens is 3. The number of rotatable bonds is 7. The molecule has 4 rings (SSSR count). The summed E-state index contributed by atoms with van der Waals surface area (Å²) in [5, 5.41) is 12.7. The highest BCUT2D eigenvalue weighted by Crippen LogP contribution is 2.28. The summed E-state index contributed by atoms with van der Waals surface area (Å²) in [6.45, 7) is 5.79. The van der Waals surface area contributed by atoms with Crippen molar-refractivity contribution in [1.82, 2.24) is 19.4 Å². The van der Waals surface area contributed by atoms with Crippen LogP contribution in [0.4, 0.5) is 0 Å². The molecule has 2 aromatic carbocycles. The molecule has 0 fully saturated rings. The Balaban J connectivity index is 1.75. The number of aromatic carboxylic acids is 1. The molecule has 0 saturated heterocycles. The highest BCUT2D eigenvalue weighted by atomic mass is 16.5. The molecule has 2 aromatic heterocycles. The summed E-state index contributed by atoms with van der Waals surface area (Å²) < 4.78 is 7.41. The first-order chi connectivity index (χ1) is 18.4. The molecule has 0 radical (unpaired) electrons. The van der Waals surface area contributed by atoms with E-state index in [9.17, 15) is 24.3 Å². The van der Waals surface area contributed by atoms with Crippen LogP contribution < -0.4 is 21.3 Å². The number of carboxylic acid groups (broad SMARTS) is 1. The molecule has 0 spiro atoms. The lowest BCUT2D eigenvalue weighted by Gasteiger charge is -2.24. The van der Waals surface area contributed by atoms with Crippen LogP contribution in [0.25, 0.3) is 10.9 Å². The summed E-state index contributed by atoms with van der Waals surface area (Å²) in [4.78, 5) is 55.9. The topological polar surface area (TPSA) is 133 Å². The number of carbonyl (C=O) groups excluding carboxylic acids is 1. The number of nitrogens with zero attached hydrogens (tertiary/aromatic N) is 3. The summed E-state index contributed by atoms with van der Waals surface area (Å²) in [6.07, 6.45) is 1.32. The van der Waals surface area contributed by atoms with Gasteiger partial charge in [0.05, 0.1) is 36.3 Å². The van der Waals surface area contributed by atoms with Crippen LogP contribution in [-0.4, -0.2) is 38.2 Å². The van der Waals surface area contributed by atoms with Crippen LogP contribution >= 0.6 is 0 Å². The summed E-state index contributed by atoms with van der Waals surface area (Å²) in [5.41, 5.74) is 0.533. The van der Waals surface area contributed by atoms with E-state index < -0.39 is 28.5 Å². The fourth-order valence-electron chi connectivity index (χ4n) is 4.50. The number of benzene rings is 2. The molecule has 0 bridgehead atoms. The largest absolute Gasteiger partial charge is 0.497 e. The van der Waals surface area contributed by atoms with Crippen LogP contribution in [-0.2, 0) is 25.6 Å². The average molecular weight is 531 g/mol. The number of amides is 1. The van der Waals surface area contributed by atoms with E-state index in [1.165, 1.54) is 29.9 Å². The van der Waals surface area contributed by atoms with Crippen molar-refractivity contribution in [3.63, 3.8) is 0 Å². The number of nitrogens with one attached hydrogen (secondary N) is 1. The van der Waals surface area contributed by atoms with E-state index in [1.807, 2.05) is 32.9 Å². The second-order valence-corrected chi connectivity index (χ2v) is 10.2. The van der Waals surface area contributed by atoms with Gasteiger partial charge in [-0.1, -0.05) is 45.0 Å². The van der Waals surface area contributed by atoms with Crippen molar-refractivity contribution in [2.45, 2.75) is 39.3 Å². The van der Waals surface area contributed by atoms with Crippen LogP contribution in [0.5, 0.6) is 5.75 Å². The molecule has 39 heavy (non-hydrogen) atoms. The fourth-order valence-corrected chi connectivity index (χ4v) is 4.50. The van der Waals surface area contributed by atoms with Crippen molar-refractivity contribution in [3.8, 4) is 5.75 Å². The monoisotopic (exact) mass is 530 g/mol. The molecule has 1 amide bonds. The van der Waals surface area contributed by atoms with Crippen LogP contribution in [0.3, 0.4) is 0 Å². The molecule has 0 unspecified atom stereocenters. The number of aryl methyl sites for hydroxylation is 1. The molecular formula is C29H30N4O6. The van der Waals surface area contributed by atoms with Gasteiger partial charge in [0.25, 0.3) is 11.5 Å². The summed E-state index contributed by atoms with van der Waals surface area (Å²) in [5.74, 6) is -0.940. The number of fused-ring (bicyclic) bond motifs is 1. The van der Waals surface area contributed by atoms with Crippen LogP contribution in [0, 0.1) is 0 Å². The van der Waals surface area contributed by atoms with Gasteiger partial charge in [0.1, 0.15) is 11.4 Å². The molecule has 10 nitrogen and oxygen atoms in total. The molecule has 0 atom stereocenters. The quantitative estimate of drug-likeness (QED) is 0.375. The van der Waals surface area contributed by atoms with E-state index in [4.69, 9.17) is 4.74 Å². The number of hydrogen-bond acceptors (Lipinski definition) is 6. The van der Waals surface area contributed by atoms with Gasteiger partial charge in [-0.05, 0) is 46.4 Å². The number of ether oxygens (including phenoxy) is 1.